The lowest BCUT2D eigenvalue weighted by Crippen LogP contribution is -2.16. The molecule has 124 valence electrons. The Labute approximate surface area is 148 Å². The van der Waals surface area contributed by atoms with Gasteiger partial charge in [0.15, 0.2) is 0 Å². The van der Waals surface area contributed by atoms with E-state index in [2.05, 4.69) is 35.2 Å². The van der Waals surface area contributed by atoms with Gasteiger partial charge in [-0.1, -0.05) is 42.5 Å². The van der Waals surface area contributed by atoms with Gasteiger partial charge in [0.1, 0.15) is 12.4 Å². The summed E-state index contributed by atoms with van der Waals surface area (Å²) >= 11 is 0. The van der Waals surface area contributed by atoms with Crippen molar-refractivity contribution in [1.82, 2.24) is 0 Å². The minimum atomic E-state index is 0.575. The highest BCUT2D eigenvalue weighted by molar-refractivity contribution is 5.49. The van der Waals surface area contributed by atoms with Gasteiger partial charge in [-0.05, 0) is 47.5 Å². The largest absolute Gasteiger partial charge is 0.489 e. The van der Waals surface area contributed by atoms with Gasteiger partial charge in [0, 0.05) is 19.3 Å². The zero-order chi connectivity index (χ0) is 17.5. The Kier molecular flexibility index (Phi) is 5.33. The molecule has 0 radical (unpaired) electrons. The highest BCUT2D eigenvalue weighted by atomic mass is 16.5. The second kappa shape index (κ2) is 8.03. The van der Waals surface area contributed by atoms with E-state index >= 15 is 0 Å². The molecule has 0 aliphatic rings. The van der Waals surface area contributed by atoms with Gasteiger partial charge in [-0.3, -0.25) is 0 Å². The fourth-order valence-electron chi connectivity index (χ4n) is 2.59. The van der Waals surface area contributed by atoms with Crippen LogP contribution in [0.2, 0.25) is 0 Å². The van der Waals surface area contributed by atoms with Crippen LogP contribution in [0, 0.1) is 11.3 Å². The minimum Gasteiger partial charge on any atom is -0.489 e. The maximum Gasteiger partial charge on any atom is 0.119 e. The number of benzene rings is 3. The molecule has 0 bridgehead atoms. The Hall–Kier alpha value is -3.25. The molecule has 0 aromatic heterocycles. The van der Waals surface area contributed by atoms with E-state index in [0.717, 1.165) is 23.5 Å². The lowest BCUT2D eigenvalue weighted by molar-refractivity contribution is 0.306. The van der Waals surface area contributed by atoms with E-state index in [9.17, 15) is 0 Å². The van der Waals surface area contributed by atoms with E-state index in [0.29, 0.717) is 12.2 Å². The van der Waals surface area contributed by atoms with Gasteiger partial charge in [-0.25, -0.2) is 0 Å². The van der Waals surface area contributed by atoms with E-state index in [1.165, 1.54) is 5.56 Å². The van der Waals surface area contributed by atoms with Crippen LogP contribution in [0.4, 0.5) is 5.69 Å². The SMILES string of the molecule is CN(Cc1ccc(OCc2ccccc2)cc1)c1ccc(C#N)cc1. The molecule has 0 saturated carbocycles. The van der Waals surface area contributed by atoms with Gasteiger partial charge >= 0.3 is 0 Å². The van der Waals surface area contributed by atoms with Crippen molar-refractivity contribution in [2.45, 2.75) is 13.2 Å². The molecule has 0 N–H and O–H groups in total. The van der Waals surface area contributed by atoms with Gasteiger partial charge in [0.05, 0.1) is 11.6 Å². The van der Waals surface area contributed by atoms with Gasteiger partial charge in [-0.2, -0.15) is 5.26 Å². The Morgan fingerprint density at radius 1 is 0.840 bits per heavy atom. The van der Waals surface area contributed by atoms with Crippen molar-refractivity contribution in [3.05, 3.63) is 95.6 Å². The van der Waals surface area contributed by atoms with E-state index in [4.69, 9.17) is 10.00 Å². The molecule has 0 aliphatic heterocycles. The maximum absolute atomic E-state index is 8.87. The first kappa shape index (κ1) is 16.6. The zero-order valence-electron chi connectivity index (χ0n) is 14.2. The third-order valence-corrected chi connectivity index (χ3v) is 4.03. The number of anilines is 1. The standard InChI is InChI=1S/C22H20N2O/c1-24(21-11-7-18(15-23)8-12-21)16-19-9-13-22(14-10-19)25-17-20-5-3-2-4-6-20/h2-14H,16-17H2,1H3. The molecular weight excluding hydrogens is 308 g/mol. The number of hydrogen-bond acceptors (Lipinski definition) is 3. The summed E-state index contributed by atoms with van der Waals surface area (Å²) < 4.78 is 5.82. The predicted molar refractivity (Wildman–Crippen MR) is 100 cm³/mol. The fraction of sp³-hybridized carbons (Fsp3) is 0.136. The molecule has 3 aromatic carbocycles. The summed E-state index contributed by atoms with van der Waals surface area (Å²) in [5, 5.41) is 8.87. The molecule has 0 spiro atoms. The van der Waals surface area contributed by atoms with Crippen LogP contribution in [-0.4, -0.2) is 7.05 Å². The molecular formula is C22H20N2O. The molecule has 0 fully saturated rings. The lowest BCUT2D eigenvalue weighted by Gasteiger charge is -2.19. The number of nitriles is 1. The van der Waals surface area contributed by atoms with Crippen LogP contribution in [0.5, 0.6) is 5.75 Å². The number of nitrogens with zero attached hydrogens (tertiary/aromatic N) is 2. The maximum atomic E-state index is 8.87. The molecule has 3 rings (SSSR count). The topological polar surface area (TPSA) is 36.3 Å². The first-order valence-electron chi connectivity index (χ1n) is 8.21. The van der Waals surface area contributed by atoms with E-state index in [-0.39, 0.29) is 0 Å². The third-order valence-electron chi connectivity index (χ3n) is 4.03. The Morgan fingerprint density at radius 3 is 2.16 bits per heavy atom. The second-order valence-corrected chi connectivity index (χ2v) is 5.93. The average Bonchev–Trinajstić information content (AvgIpc) is 2.68. The van der Waals surface area contributed by atoms with Crippen LogP contribution >= 0.6 is 0 Å². The zero-order valence-corrected chi connectivity index (χ0v) is 14.2. The average molecular weight is 328 g/mol. The van der Waals surface area contributed by atoms with Crippen molar-refractivity contribution in [2.24, 2.45) is 0 Å². The summed E-state index contributed by atoms with van der Waals surface area (Å²) in [7, 11) is 2.04. The molecule has 3 heteroatoms. The Balaban J connectivity index is 1.57. The molecule has 0 aliphatic carbocycles. The summed E-state index contributed by atoms with van der Waals surface area (Å²) in [4.78, 5) is 2.15. The van der Waals surface area contributed by atoms with Gasteiger partial charge < -0.3 is 9.64 Å². The van der Waals surface area contributed by atoms with Crippen molar-refractivity contribution in [3.8, 4) is 11.8 Å². The van der Waals surface area contributed by atoms with E-state index in [1.807, 2.05) is 61.6 Å². The van der Waals surface area contributed by atoms with Crippen LogP contribution in [0.15, 0.2) is 78.9 Å². The molecule has 0 saturated heterocycles. The smallest absolute Gasteiger partial charge is 0.119 e. The van der Waals surface area contributed by atoms with Crippen molar-refractivity contribution in [2.75, 3.05) is 11.9 Å². The van der Waals surface area contributed by atoms with Gasteiger partial charge in [0.2, 0.25) is 0 Å². The molecule has 0 heterocycles. The molecule has 3 nitrogen and oxygen atoms in total. The molecule has 0 unspecified atom stereocenters. The third kappa shape index (κ3) is 4.62. The number of rotatable bonds is 6. The van der Waals surface area contributed by atoms with E-state index in [1.54, 1.807) is 0 Å². The van der Waals surface area contributed by atoms with Crippen molar-refractivity contribution in [3.63, 3.8) is 0 Å². The number of ether oxygens (including phenoxy) is 1. The predicted octanol–water partition coefficient (Wildman–Crippen LogP) is 4.77. The summed E-state index contributed by atoms with van der Waals surface area (Å²) in [6, 6.07) is 28.1. The summed E-state index contributed by atoms with van der Waals surface area (Å²) in [6.07, 6.45) is 0. The summed E-state index contributed by atoms with van der Waals surface area (Å²) in [5.41, 5.74) is 4.13. The van der Waals surface area contributed by atoms with Crippen LogP contribution in [-0.2, 0) is 13.2 Å². The minimum absolute atomic E-state index is 0.575. The monoisotopic (exact) mass is 328 g/mol. The summed E-state index contributed by atoms with van der Waals surface area (Å²) in [6.45, 7) is 1.37. The van der Waals surface area contributed by atoms with Gasteiger partial charge in [0.25, 0.3) is 0 Å². The Morgan fingerprint density at radius 2 is 1.52 bits per heavy atom. The first-order valence-corrected chi connectivity index (χ1v) is 8.21. The lowest BCUT2D eigenvalue weighted by atomic mass is 10.1. The highest BCUT2D eigenvalue weighted by Gasteiger charge is 2.03. The normalized spacial score (nSPS) is 10.1. The van der Waals surface area contributed by atoms with Crippen molar-refractivity contribution >= 4 is 5.69 Å². The van der Waals surface area contributed by atoms with Gasteiger partial charge in [-0.15, -0.1) is 0 Å². The molecule has 0 amide bonds. The van der Waals surface area contributed by atoms with E-state index < -0.39 is 0 Å². The molecule has 0 atom stereocenters. The van der Waals surface area contributed by atoms with Crippen molar-refractivity contribution < 1.29 is 4.74 Å². The second-order valence-electron chi connectivity index (χ2n) is 5.93. The van der Waals surface area contributed by atoms with Crippen LogP contribution < -0.4 is 9.64 Å². The number of hydrogen-bond donors (Lipinski definition) is 0. The first-order chi connectivity index (χ1) is 12.2. The molecule has 3 aromatic rings. The highest BCUT2D eigenvalue weighted by Crippen LogP contribution is 2.19. The van der Waals surface area contributed by atoms with Crippen molar-refractivity contribution in [1.29, 1.82) is 5.26 Å². The van der Waals surface area contributed by atoms with Crippen LogP contribution in [0.1, 0.15) is 16.7 Å². The Bertz CT molecular complexity index is 834. The molecule has 25 heavy (non-hydrogen) atoms. The van der Waals surface area contributed by atoms with Crippen LogP contribution in [0.3, 0.4) is 0 Å². The quantitative estimate of drug-likeness (QED) is 0.654. The fourth-order valence-corrected chi connectivity index (χ4v) is 2.59. The van der Waals surface area contributed by atoms with Crippen LogP contribution in [0.25, 0.3) is 0 Å². The summed E-state index contributed by atoms with van der Waals surface area (Å²) in [5.74, 6) is 0.869.